The van der Waals surface area contributed by atoms with E-state index in [2.05, 4.69) is 42.2 Å². The van der Waals surface area contributed by atoms with Crippen LogP contribution in [0.5, 0.6) is 0 Å². The lowest BCUT2D eigenvalue weighted by molar-refractivity contribution is -0.146. The fraction of sp³-hybridized carbons (Fsp3) is 0.653. The van der Waals surface area contributed by atoms with E-state index in [1.54, 1.807) is 44.2 Å². The summed E-state index contributed by atoms with van der Waals surface area (Å²) in [5.41, 5.74) is 17.3. The lowest BCUT2D eigenvalue weighted by Gasteiger charge is -2.31. The lowest BCUT2D eigenvalue weighted by atomic mass is 9.95. The summed E-state index contributed by atoms with van der Waals surface area (Å²) in [5.74, 6) is -10.5. The van der Waals surface area contributed by atoms with Crippen LogP contribution in [0.1, 0.15) is 112 Å². The number of benzene rings is 1. The van der Waals surface area contributed by atoms with Crippen molar-refractivity contribution in [3.8, 4) is 0 Å². The number of aliphatic hydroxyl groups is 1. The zero-order valence-electron chi connectivity index (χ0n) is 43.7. The van der Waals surface area contributed by atoms with Crippen molar-refractivity contribution in [3.63, 3.8) is 0 Å². The Morgan fingerprint density at radius 1 is 0.676 bits per heavy atom. The number of aliphatic carboxylic acids is 2. The molecule has 74 heavy (non-hydrogen) atoms. The number of aliphatic hydroxyl groups excluding tert-OH is 1. The highest BCUT2D eigenvalue weighted by atomic mass is 16.4. The molecule has 11 atom stereocenters. The van der Waals surface area contributed by atoms with E-state index in [0.29, 0.717) is 12.0 Å². The van der Waals surface area contributed by atoms with Gasteiger partial charge in [-0.05, 0) is 75.7 Å². The molecule has 0 radical (unpaired) electrons. The van der Waals surface area contributed by atoms with Gasteiger partial charge in [0.15, 0.2) is 5.96 Å². The van der Waals surface area contributed by atoms with Crippen LogP contribution in [0, 0.1) is 17.8 Å². The molecule has 0 unspecified atom stereocenters. The van der Waals surface area contributed by atoms with Crippen LogP contribution >= 0.6 is 0 Å². The van der Waals surface area contributed by atoms with Gasteiger partial charge in [-0.15, -0.1) is 0 Å². The minimum Gasteiger partial charge on any atom is -0.481 e. The zero-order valence-corrected chi connectivity index (χ0v) is 43.7. The van der Waals surface area contributed by atoms with Gasteiger partial charge >= 0.3 is 11.9 Å². The van der Waals surface area contributed by atoms with Crippen molar-refractivity contribution >= 4 is 65.2 Å². The number of nitrogens with one attached hydrogen (secondary N) is 7. The number of carboxylic acid groups (broad SMARTS) is 2. The first-order valence-corrected chi connectivity index (χ1v) is 25.1. The van der Waals surface area contributed by atoms with Crippen LogP contribution in [0.15, 0.2) is 35.3 Å². The second kappa shape index (κ2) is 31.0. The third kappa shape index (κ3) is 21.3. The molecule has 1 aliphatic rings. The van der Waals surface area contributed by atoms with Gasteiger partial charge in [-0.3, -0.25) is 48.1 Å². The predicted octanol–water partition coefficient (Wildman–Crippen LogP) is -1.91. The van der Waals surface area contributed by atoms with Gasteiger partial charge in [-0.2, -0.15) is 0 Å². The van der Waals surface area contributed by atoms with Gasteiger partial charge in [0.1, 0.15) is 48.3 Å². The number of likely N-dealkylation sites (tertiary alicyclic amines) is 1. The third-order valence-electron chi connectivity index (χ3n) is 12.3. The molecule has 0 aliphatic carbocycles. The molecule has 25 nitrogen and oxygen atoms in total. The average Bonchev–Trinajstić information content (AvgIpc) is 3.82. The van der Waals surface area contributed by atoms with E-state index < -0.39 is 132 Å². The molecule has 414 valence electrons. The van der Waals surface area contributed by atoms with Crippen LogP contribution < -0.4 is 54.4 Å². The van der Waals surface area contributed by atoms with Crippen LogP contribution in [0.4, 0.5) is 0 Å². The van der Waals surface area contributed by atoms with Crippen molar-refractivity contribution in [2.75, 3.05) is 13.1 Å². The van der Waals surface area contributed by atoms with Gasteiger partial charge in [-0.25, -0.2) is 4.79 Å². The minimum absolute atomic E-state index is 0.0228. The predicted molar refractivity (Wildman–Crippen MR) is 272 cm³/mol. The van der Waals surface area contributed by atoms with Gasteiger partial charge in [-0.1, -0.05) is 78.3 Å². The molecule has 1 aliphatic heterocycles. The molecule has 1 aromatic rings. The van der Waals surface area contributed by atoms with E-state index in [1.165, 1.54) is 13.8 Å². The third-order valence-corrected chi connectivity index (χ3v) is 12.3. The van der Waals surface area contributed by atoms with Crippen molar-refractivity contribution in [2.24, 2.45) is 39.9 Å². The number of rotatable bonds is 31. The van der Waals surface area contributed by atoms with Crippen LogP contribution in [-0.2, 0) is 54.4 Å². The topological polar surface area (TPSA) is 409 Å². The molecule has 0 saturated carbocycles. The Morgan fingerprint density at radius 3 is 1.74 bits per heavy atom. The molecule has 1 heterocycles. The summed E-state index contributed by atoms with van der Waals surface area (Å²) < 4.78 is 0. The Bertz CT molecular complexity index is 2120. The number of guanidine groups is 1. The van der Waals surface area contributed by atoms with Gasteiger partial charge in [0.2, 0.25) is 47.3 Å². The SMILES string of the molecule is CC[C@H](C)[C@H](NC(=O)[C@H](CC(C)C)NC(=O)[C@H](Cc1ccccc1)NC(=O)[C@H](CCCN=C(N)N)NC(=O)[C@@H]1CCCN1C(=O)[C@H](CC(=O)O)NC(=O)[C@@H](NC(=O)[C@H](C)N)[C@@H](C)O)C(=O)N[C@@H](CC(C)C)C(=O)O. The van der Waals surface area contributed by atoms with Gasteiger partial charge in [0, 0.05) is 19.5 Å². The molecule has 16 N–H and O–H groups in total. The summed E-state index contributed by atoms with van der Waals surface area (Å²) in [6.07, 6.45) is -1.53. The molecule has 0 bridgehead atoms. The second-order valence-corrected chi connectivity index (χ2v) is 19.7. The van der Waals surface area contributed by atoms with Crippen LogP contribution in [-0.4, -0.2) is 159 Å². The summed E-state index contributed by atoms with van der Waals surface area (Å²) in [5, 5.41) is 47.8. The van der Waals surface area contributed by atoms with E-state index in [1.807, 2.05) is 27.7 Å². The number of nitrogens with two attached hydrogens (primary N) is 3. The van der Waals surface area contributed by atoms with Gasteiger partial charge in [0.25, 0.3) is 0 Å². The first-order valence-electron chi connectivity index (χ1n) is 25.1. The molecule has 0 aromatic heterocycles. The quantitative estimate of drug-likeness (QED) is 0.0219. The van der Waals surface area contributed by atoms with Gasteiger partial charge in [0.05, 0.1) is 18.6 Å². The van der Waals surface area contributed by atoms with E-state index in [-0.39, 0.29) is 75.8 Å². The summed E-state index contributed by atoms with van der Waals surface area (Å²) in [6, 6.07) is -3.55. The van der Waals surface area contributed by atoms with Crippen LogP contribution in [0.25, 0.3) is 0 Å². The largest absolute Gasteiger partial charge is 0.481 e. The molecule has 1 saturated heterocycles. The molecule has 1 fully saturated rings. The van der Waals surface area contributed by atoms with Crippen molar-refractivity contribution < 1.29 is 63.3 Å². The summed E-state index contributed by atoms with van der Waals surface area (Å²) >= 11 is 0. The van der Waals surface area contributed by atoms with Gasteiger partial charge < -0.3 is 74.6 Å². The smallest absolute Gasteiger partial charge is 0.326 e. The van der Waals surface area contributed by atoms with Crippen molar-refractivity contribution in [1.29, 1.82) is 0 Å². The van der Waals surface area contributed by atoms with Crippen molar-refractivity contribution in [3.05, 3.63) is 35.9 Å². The molecule has 2 rings (SSSR count). The fourth-order valence-corrected chi connectivity index (χ4v) is 8.09. The number of hydrogen-bond donors (Lipinski definition) is 13. The van der Waals surface area contributed by atoms with E-state index in [9.17, 15) is 63.3 Å². The Balaban J connectivity index is 2.51. The Labute approximate surface area is 432 Å². The highest BCUT2D eigenvalue weighted by Gasteiger charge is 2.41. The monoisotopic (exact) mass is 1040 g/mol. The molecular formula is C49H80N12O13. The van der Waals surface area contributed by atoms with Crippen LogP contribution in [0.3, 0.4) is 0 Å². The molecule has 25 heteroatoms. The number of nitrogens with zero attached hydrogens (tertiary/aromatic N) is 2. The maximum Gasteiger partial charge on any atom is 0.326 e. The fourth-order valence-electron chi connectivity index (χ4n) is 8.09. The first-order chi connectivity index (χ1) is 34.7. The van der Waals surface area contributed by atoms with Crippen LogP contribution in [0.2, 0.25) is 0 Å². The Kier molecular flexibility index (Phi) is 26.5. The summed E-state index contributed by atoms with van der Waals surface area (Å²) in [6.45, 7) is 13.3. The van der Waals surface area contributed by atoms with E-state index >= 15 is 0 Å². The highest BCUT2D eigenvalue weighted by Crippen LogP contribution is 2.21. The lowest BCUT2D eigenvalue weighted by Crippen LogP contribution is -2.61. The maximum atomic E-state index is 14.5. The van der Waals surface area contributed by atoms with Crippen molar-refractivity contribution in [1.82, 2.24) is 42.1 Å². The number of hydrogen-bond acceptors (Lipinski definition) is 13. The number of carbonyl (C=O) groups excluding carboxylic acids is 8. The minimum atomic E-state index is -1.77. The average molecular weight is 1050 g/mol. The number of amides is 8. The zero-order chi connectivity index (χ0) is 56.0. The molecule has 1 aromatic carbocycles. The second-order valence-electron chi connectivity index (χ2n) is 19.7. The maximum absolute atomic E-state index is 14.5. The summed E-state index contributed by atoms with van der Waals surface area (Å²) in [4.78, 5) is 140. The number of carbonyl (C=O) groups is 10. The molecule has 0 spiro atoms. The highest BCUT2D eigenvalue weighted by molar-refractivity contribution is 5.99. The Morgan fingerprint density at radius 2 is 1.20 bits per heavy atom. The number of carboxylic acids is 2. The number of aliphatic imine (C=N–C) groups is 1. The standard InChI is InChI=1S/C49H80N12O13/c1-9-27(6)38(45(70)58-35(48(73)74)22-26(4)5)59-43(68)32(21-25(2)3)55-42(67)33(23-30-15-11-10-12-16-30)56-41(66)31(17-13-19-53-49(51)52)54-44(69)36-18-14-20-61(36)47(72)34(24-37(63)64)57-46(71)39(29(8)62)60-40(65)28(7)50/h10-12,15-16,25-29,31-36,38-39,62H,9,13-14,17-24,50H2,1-8H3,(H,54,69)(H,55,67)(H,56,66)(H,57,71)(H,58,70)(H,59,68)(H,60,65)(H,63,64)(H,73,74)(H4,51,52,53)/t27-,28-,29+,31-,32-,33-,34-,35-,36-,38-,39-/m0/s1. The van der Waals surface area contributed by atoms with E-state index in [0.717, 1.165) is 4.90 Å². The normalized spacial score (nSPS) is 17.4. The first kappa shape index (κ1) is 63.2. The van der Waals surface area contributed by atoms with Crippen molar-refractivity contribution in [2.45, 2.75) is 174 Å². The molecular weight excluding hydrogens is 965 g/mol. The molecule has 8 amide bonds. The Hall–Kier alpha value is -6.89. The summed E-state index contributed by atoms with van der Waals surface area (Å²) in [7, 11) is 0. The van der Waals surface area contributed by atoms with E-state index in [4.69, 9.17) is 17.2 Å².